The number of halogens is 1. The average molecular weight is 389 g/mol. The number of benzene rings is 1. The first-order chi connectivity index (χ1) is 9.19. The van der Waals surface area contributed by atoms with Gasteiger partial charge in [-0.25, -0.2) is 4.99 Å². The van der Waals surface area contributed by atoms with Crippen molar-refractivity contribution in [2.75, 3.05) is 13.1 Å². The van der Waals surface area contributed by atoms with Crippen LogP contribution in [0.4, 0.5) is 0 Å². The van der Waals surface area contributed by atoms with Crippen molar-refractivity contribution in [3.63, 3.8) is 0 Å². The highest BCUT2D eigenvalue weighted by Gasteiger charge is 2.21. The molecule has 0 saturated carbocycles. The summed E-state index contributed by atoms with van der Waals surface area (Å²) >= 11 is 0. The number of hydrogen-bond donors (Lipinski definition) is 2. The van der Waals surface area contributed by atoms with E-state index in [1.54, 1.807) is 0 Å². The lowest BCUT2D eigenvalue weighted by atomic mass is 10.1. The van der Waals surface area contributed by atoms with E-state index in [1.165, 1.54) is 5.56 Å². The molecule has 0 amide bonds. The van der Waals surface area contributed by atoms with Gasteiger partial charge in [-0.2, -0.15) is 0 Å². The molecule has 20 heavy (non-hydrogen) atoms. The summed E-state index contributed by atoms with van der Waals surface area (Å²) in [6, 6.07) is 8.58. The van der Waals surface area contributed by atoms with Crippen molar-refractivity contribution in [2.24, 2.45) is 4.99 Å². The summed E-state index contributed by atoms with van der Waals surface area (Å²) in [5, 5.41) is 6.55. The van der Waals surface area contributed by atoms with Crippen LogP contribution in [0.3, 0.4) is 0 Å². The number of fused-ring (bicyclic) bond motifs is 1. The second-order valence-electron chi connectivity index (χ2n) is 5.07. The van der Waals surface area contributed by atoms with Gasteiger partial charge in [0.05, 0.1) is 6.54 Å². The van der Waals surface area contributed by atoms with Crippen molar-refractivity contribution in [1.82, 2.24) is 10.6 Å². The lowest BCUT2D eigenvalue weighted by Gasteiger charge is -2.15. The van der Waals surface area contributed by atoms with Gasteiger partial charge in [0.2, 0.25) is 0 Å². The van der Waals surface area contributed by atoms with Gasteiger partial charge in [-0.05, 0) is 32.4 Å². The molecule has 1 heterocycles. The van der Waals surface area contributed by atoms with Crippen molar-refractivity contribution in [3.05, 3.63) is 29.8 Å². The first kappa shape index (κ1) is 17.1. The molecule has 1 aliphatic heterocycles. The van der Waals surface area contributed by atoms with Crippen LogP contribution in [0.5, 0.6) is 5.75 Å². The van der Waals surface area contributed by atoms with Crippen LogP contribution in [-0.2, 0) is 6.42 Å². The molecule has 0 radical (unpaired) electrons. The highest BCUT2D eigenvalue weighted by atomic mass is 127. The van der Waals surface area contributed by atoms with Crippen LogP contribution in [0, 0.1) is 0 Å². The highest BCUT2D eigenvalue weighted by molar-refractivity contribution is 14.0. The second-order valence-corrected chi connectivity index (χ2v) is 5.07. The number of ether oxygens (including phenoxy) is 1. The Hall–Kier alpha value is -0.980. The Kier molecular flexibility index (Phi) is 7.12. The molecule has 4 nitrogen and oxygen atoms in total. The van der Waals surface area contributed by atoms with Crippen LogP contribution in [0.25, 0.3) is 0 Å². The monoisotopic (exact) mass is 389 g/mol. The Balaban J connectivity index is 0.00000200. The quantitative estimate of drug-likeness (QED) is 0.473. The smallest absolute Gasteiger partial charge is 0.191 e. The summed E-state index contributed by atoms with van der Waals surface area (Å²) in [5.41, 5.74) is 1.28. The van der Waals surface area contributed by atoms with E-state index >= 15 is 0 Å². The Morgan fingerprint density at radius 1 is 1.40 bits per heavy atom. The van der Waals surface area contributed by atoms with Crippen molar-refractivity contribution in [1.29, 1.82) is 0 Å². The highest BCUT2D eigenvalue weighted by Crippen LogP contribution is 2.28. The maximum absolute atomic E-state index is 5.88. The van der Waals surface area contributed by atoms with Crippen LogP contribution in [0.15, 0.2) is 29.3 Å². The van der Waals surface area contributed by atoms with E-state index in [1.807, 2.05) is 12.1 Å². The maximum Gasteiger partial charge on any atom is 0.191 e. The summed E-state index contributed by atoms with van der Waals surface area (Å²) in [4.78, 5) is 4.59. The second kappa shape index (κ2) is 8.34. The van der Waals surface area contributed by atoms with Crippen LogP contribution >= 0.6 is 24.0 Å². The van der Waals surface area contributed by atoms with Gasteiger partial charge in [0.25, 0.3) is 0 Å². The summed E-state index contributed by atoms with van der Waals surface area (Å²) in [7, 11) is 0. The minimum absolute atomic E-state index is 0. The number of guanidine groups is 1. The lowest BCUT2D eigenvalue weighted by Crippen LogP contribution is -2.41. The van der Waals surface area contributed by atoms with E-state index in [0.29, 0.717) is 12.6 Å². The minimum Gasteiger partial charge on any atom is -0.488 e. The number of nitrogens with one attached hydrogen (secondary N) is 2. The third-order valence-corrected chi connectivity index (χ3v) is 2.94. The van der Waals surface area contributed by atoms with Crippen LogP contribution in [-0.4, -0.2) is 31.2 Å². The Bertz CT molecular complexity index is 423. The lowest BCUT2D eigenvalue weighted by molar-refractivity contribution is 0.241. The van der Waals surface area contributed by atoms with E-state index in [2.05, 4.69) is 48.5 Å². The molecule has 0 aliphatic carbocycles. The van der Waals surface area contributed by atoms with Gasteiger partial charge in [0.1, 0.15) is 11.9 Å². The molecule has 1 atom stereocenters. The number of nitrogens with zero attached hydrogens (tertiary/aromatic N) is 1. The number of para-hydroxylation sites is 1. The van der Waals surface area contributed by atoms with Gasteiger partial charge in [0.15, 0.2) is 5.96 Å². The molecule has 1 unspecified atom stereocenters. The Morgan fingerprint density at radius 3 is 2.80 bits per heavy atom. The first-order valence-corrected chi connectivity index (χ1v) is 6.98. The largest absolute Gasteiger partial charge is 0.488 e. The van der Waals surface area contributed by atoms with Crippen LogP contribution < -0.4 is 15.4 Å². The Morgan fingerprint density at radius 2 is 2.15 bits per heavy atom. The summed E-state index contributed by atoms with van der Waals surface area (Å²) in [6.07, 6.45) is 1.10. The zero-order valence-corrected chi connectivity index (χ0v) is 14.7. The molecule has 2 N–H and O–H groups in total. The SMILES string of the molecule is CCNC(=NCC1Cc2ccccc2O1)NC(C)C.I. The number of aliphatic imine (C=N–C) groups is 1. The molecule has 2 rings (SSSR count). The summed E-state index contributed by atoms with van der Waals surface area (Å²) < 4.78 is 5.88. The van der Waals surface area contributed by atoms with Crippen molar-refractivity contribution < 1.29 is 4.74 Å². The van der Waals surface area contributed by atoms with Gasteiger partial charge in [-0.3, -0.25) is 0 Å². The zero-order valence-electron chi connectivity index (χ0n) is 12.3. The van der Waals surface area contributed by atoms with E-state index in [9.17, 15) is 0 Å². The van der Waals surface area contributed by atoms with Crippen molar-refractivity contribution >= 4 is 29.9 Å². The molecule has 0 spiro atoms. The molecule has 112 valence electrons. The minimum atomic E-state index is 0. The van der Waals surface area contributed by atoms with Gasteiger partial charge in [-0.15, -0.1) is 24.0 Å². The van der Waals surface area contributed by atoms with Crippen LogP contribution in [0.2, 0.25) is 0 Å². The van der Waals surface area contributed by atoms with Crippen molar-refractivity contribution in [3.8, 4) is 5.75 Å². The topological polar surface area (TPSA) is 45.7 Å². The number of hydrogen-bond acceptors (Lipinski definition) is 2. The fraction of sp³-hybridized carbons (Fsp3) is 0.533. The fourth-order valence-electron chi connectivity index (χ4n) is 2.14. The summed E-state index contributed by atoms with van der Waals surface area (Å²) in [5.74, 6) is 1.86. The van der Waals surface area contributed by atoms with E-state index in [0.717, 1.165) is 24.7 Å². The predicted molar refractivity (Wildman–Crippen MR) is 94.2 cm³/mol. The fourth-order valence-corrected chi connectivity index (χ4v) is 2.14. The van der Waals surface area contributed by atoms with Crippen LogP contribution in [0.1, 0.15) is 26.3 Å². The first-order valence-electron chi connectivity index (χ1n) is 6.98. The third kappa shape index (κ3) is 4.85. The van der Waals surface area contributed by atoms with Gasteiger partial charge in [0, 0.05) is 19.0 Å². The molecule has 0 fully saturated rings. The molecule has 0 saturated heterocycles. The van der Waals surface area contributed by atoms with E-state index < -0.39 is 0 Å². The average Bonchev–Trinajstić information content (AvgIpc) is 2.78. The molecule has 0 bridgehead atoms. The molecular formula is C15H24IN3O. The maximum atomic E-state index is 5.88. The standard InChI is InChI=1S/C15H23N3O.HI/c1-4-16-15(18-11(2)3)17-10-13-9-12-7-5-6-8-14(12)19-13;/h5-8,11,13H,4,9-10H2,1-3H3,(H2,16,17,18);1H. The molecule has 1 aromatic rings. The van der Waals surface area contributed by atoms with Crippen molar-refractivity contribution in [2.45, 2.75) is 39.3 Å². The van der Waals surface area contributed by atoms with Gasteiger partial charge >= 0.3 is 0 Å². The number of rotatable bonds is 4. The van der Waals surface area contributed by atoms with E-state index in [-0.39, 0.29) is 30.1 Å². The molecule has 1 aromatic carbocycles. The third-order valence-electron chi connectivity index (χ3n) is 2.94. The van der Waals surface area contributed by atoms with E-state index in [4.69, 9.17) is 4.74 Å². The molecule has 5 heteroatoms. The normalized spacial score (nSPS) is 17.2. The predicted octanol–water partition coefficient (Wildman–Crippen LogP) is 2.57. The molecule has 1 aliphatic rings. The molecular weight excluding hydrogens is 365 g/mol. The Labute approximate surface area is 138 Å². The summed E-state index contributed by atoms with van der Waals surface area (Å²) in [6.45, 7) is 7.82. The van der Waals surface area contributed by atoms with Gasteiger partial charge < -0.3 is 15.4 Å². The van der Waals surface area contributed by atoms with Gasteiger partial charge in [-0.1, -0.05) is 18.2 Å². The molecule has 0 aromatic heterocycles. The zero-order chi connectivity index (χ0) is 13.7.